The Morgan fingerprint density at radius 2 is 2.13 bits per heavy atom. The van der Waals surface area contributed by atoms with Crippen molar-refractivity contribution in [2.24, 2.45) is 0 Å². The van der Waals surface area contributed by atoms with Crippen LogP contribution in [0.15, 0.2) is 23.4 Å². The first-order valence-corrected chi connectivity index (χ1v) is 4.95. The summed E-state index contributed by atoms with van der Waals surface area (Å²) >= 11 is 1.08. The molecular formula is C8H9F3N2OS. The van der Waals surface area contributed by atoms with E-state index in [-0.39, 0.29) is 5.94 Å². The Morgan fingerprint density at radius 1 is 1.40 bits per heavy atom. The van der Waals surface area contributed by atoms with E-state index in [0.29, 0.717) is 10.7 Å². The number of anilines is 1. The predicted octanol–water partition coefficient (Wildman–Crippen LogP) is 2.29. The molecule has 0 saturated heterocycles. The Bertz CT molecular complexity index is 302. The number of nitrogen functional groups attached to an aromatic ring is 1. The monoisotopic (exact) mass is 238 g/mol. The Morgan fingerprint density at radius 3 is 2.67 bits per heavy atom. The van der Waals surface area contributed by atoms with Crippen LogP contribution in [0.4, 0.5) is 18.9 Å². The Kier molecular flexibility index (Phi) is 4.22. The molecule has 0 aliphatic heterocycles. The van der Waals surface area contributed by atoms with Gasteiger partial charge in [0.25, 0.3) is 0 Å². The van der Waals surface area contributed by atoms with Crippen molar-refractivity contribution in [3.63, 3.8) is 0 Å². The van der Waals surface area contributed by atoms with E-state index in [1.54, 1.807) is 12.1 Å². The van der Waals surface area contributed by atoms with Crippen LogP contribution in [-0.4, -0.2) is 23.7 Å². The number of nitrogens with zero attached hydrogens (tertiary/aromatic N) is 1. The second-order valence-corrected chi connectivity index (χ2v) is 3.60. The van der Waals surface area contributed by atoms with Crippen molar-refractivity contribution < 1.29 is 17.9 Å². The van der Waals surface area contributed by atoms with Gasteiger partial charge in [0.2, 0.25) is 0 Å². The third-order valence-electron chi connectivity index (χ3n) is 1.32. The maximum absolute atomic E-state index is 11.7. The third-order valence-corrected chi connectivity index (χ3v) is 2.14. The van der Waals surface area contributed by atoms with Crippen LogP contribution < -0.4 is 5.73 Å². The van der Waals surface area contributed by atoms with E-state index >= 15 is 0 Å². The van der Waals surface area contributed by atoms with Gasteiger partial charge in [0.05, 0.1) is 22.8 Å². The summed E-state index contributed by atoms with van der Waals surface area (Å²) in [5, 5.41) is 0.575. The number of hydrogen-bond donors (Lipinski definition) is 1. The first-order valence-electron chi connectivity index (χ1n) is 3.96. The molecule has 0 atom stereocenters. The molecule has 0 fully saturated rings. The Hall–Kier alpha value is -0.950. The van der Waals surface area contributed by atoms with Crippen molar-refractivity contribution in [3.05, 3.63) is 18.3 Å². The highest BCUT2D eigenvalue weighted by Gasteiger charge is 2.27. The molecule has 1 heterocycles. The molecule has 3 nitrogen and oxygen atoms in total. The van der Waals surface area contributed by atoms with Gasteiger partial charge in [-0.25, -0.2) is 4.98 Å². The SMILES string of the molecule is Nc1ccc(SCOCC(F)(F)F)nc1. The molecule has 1 rings (SSSR count). The van der Waals surface area contributed by atoms with Gasteiger partial charge in [-0.1, -0.05) is 11.8 Å². The van der Waals surface area contributed by atoms with Gasteiger partial charge in [0.15, 0.2) is 0 Å². The lowest BCUT2D eigenvalue weighted by Crippen LogP contribution is -2.16. The van der Waals surface area contributed by atoms with Crippen LogP contribution in [0.1, 0.15) is 0 Å². The van der Waals surface area contributed by atoms with Gasteiger partial charge in [-0.05, 0) is 12.1 Å². The summed E-state index contributed by atoms with van der Waals surface area (Å²) in [7, 11) is 0. The highest BCUT2D eigenvalue weighted by molar-refractivity contribution is 7.99. The van der Waals surface area contributed by atoms with E-state index < -0.39 is 12.8 Å². The molecule has 7 heteroatoms. The van der Waals surface area contributed by atoms with Gasteiger partial charge in [0, 0.05) is 0 Å². The molecule has 0 aromatic carbocycles. The standard InChI is InChI=1S/C8H9F3N2OS/c9-8(10,11)4-14-5-15-7-2-1-6(12)3-13-7/h1-3H,4-5,12H2. The molecule has 0 bridgehead atoms. The Balaban J connectivity index is 2.23. The van der Waals surface area contributed by atoms with E-state index in [2.05, 4.69) is 9.72 Å². The fourth-order valence-electron chi connectivity index (χ4n) is 0.737. The average molecular weight is 238 g/mol. The van der Waals surface area contributed by atoms with Crippen LogP contribution in [0.25, 0.3) is 0 Å². The number of aromatic nitrogens is 1. The molecule has 0 amide bonds. The largest absolute Gasteiger partial charge is 0.411 e. The van der Waals surface area contributed by atoms with Crippen LogP contribution in [0.2, 0.25) is 0 Å². The number of alkyl halides is 3. The summed E-state index contributed by atoms with van der Waals surface area (Å²) in [6, 6.07) is 3.25. The normalized spacial score (nSPS) is 11.7. The van der Waals surface area contributed by atoms with E-state index in [1.807, 2.05) is 0 Å². The maximum Gasteiger partial charge on any atom is 0.411 e. The predicted molar refractivity (Wildman–Crippen MR) is 51.4 cm³/mol. The van der Waals surface area contributed by atoms with Crippen LogP contribution in [-0.2, 0) is 4.74 Å². The quantitative estimate of drug-likeness (QED) is 0.496. The molecule has 0 unspecified atom stereocenters. The minimum atomic E-state index is -4.28. The highest BCUT2D eigenvalue weighted by atomic mass is 32.2. The lowest BCUT2D eigenvalue weighted by atomic mass is 10.4. The molecule has 84 valence electrons. The van der Waals surface area contributed by atoms with Crippen molar-refractivity contribution in [3.8, 4) is 0 Å². The van der Waals surface area contributed by atoms with Gasteiger partial charge < -0.3 is 10.5 Å². The summed E-state index contributed by atoms with van der Waals surface area (Å²) in [4.78, 5) is 3.89. The van der Waals surface area contributed by atoms with Crippen LogP contribution in [0, 0.1) is 0 Å². The first-order chi connectivity index (χ1) is 6.97. The molecule has 1 aromatic heterocycles. The molecule has 15 heavy (non-hydrogen) atoms. The molecule has 0 spiro atoms. The van der Waals surface area contributed by atoms with Crippen LogP contribution in [0.5, 0.6) is 0 Å². The molecule has 0 aliphatic carbocycles. The molecule has 1 aromatic rings. The molecule has 0 saturated carbocycles. The number of halogens is 3. The lowest BCUT2D eigenvalue weighted by molar-refractivity contribution is -0.168. The number of ether oxygens (including phenoxy) is 1. The van der Waals surface area contributed by atoms with Gasteiger partial charge in [-0.3, -0.25) is 0 Å². The number of pyridine rings is 1. The van der Waals surface area contributed by atoms with E-state index in [1.165, 1.54) is 6.20 Å². The molecule has 0 radical (unpaired) electrons. The van der Waals surface area contributed by atoms with Crippen molar-refractivity contribution in [1.82, 2.24) is 4.98 Å². The van der Waals surface area contributed by atoms with Crippen molar-refractivity contribution in [2.45, 2.75) is 11.2 Å². The van der Waals surface area contributed by atoms with Crippen molar-refractivity contribution in [1.29, 1.82) is 0 Å². The number of thioether (sulfide) groups is 1. The maximum atomic E-state index is 11.7. The zero-order valence-corrected chi connectivity index (χ0v) is 8.44. The number of nitrogens with two attached hydrogens (primary N) is 1. The molecular weight excluding hydrogens is 229 g/mol. The van der Waals surface area contributed by atoms with E-state index in [9.17, 15) is 13.2 Å². The van der Waals surface area contributed by atoms with Gasteiger partial charge in [-0.2, -0.15) is 13.2 Å². The summed E-state index contributed by atoms with van der Waals surface area (Å²) in [5.41, 5.74) is 5.90. The van der Waals surface area contributed by atoms with E-state index in [0.717, 1.165) is 11.8 Å². The minimum absolute atomic E-state index is 0.0869. The van der Waals surface area contributed by atoms with Gasteiger partial charge >= 0.3 is 6.18 Å². The van der Waals surface area contributed by atoms with E-state index in [4.69, 9.17) is 5.73 Å². The van der Waals surface area contributed by atoms with Gasteiger partial charge in [-0.15, -0.1) is 0 Å². The highest BCUT2D eigenvalue weighted by Crippen LogP contribution is 2.19. The molecule has 0 aliphatic rings. The van der Waals surface area contributed by atoms with Crippen LogP contribution >= 0.6 is 11.8 Å². The zero-order chi connectivity index (χ0) is 11.3. The summed E-state index contributed by atoms with van der Waals surface area (Å²) in [6.45, 7) is -1.24. The summed E-state index contributed by atoms with van der Waals surface area (Å²) in [6.07, 6.45) is -2.85. The second-order valence-electron chi connectivity index (χ2n) is 2.66. The summed E-state index contributed by atoms with van der Waals surface area (Å²) in [5.74, 6) is -0.0869. The average Bonchev–Trinajstić information content (AvgIpc) is 2.14. The fourth-order valence-corrected chi connectivity index (χ4v) is 1.32. The first kappa shape index (κ1) is 12.1. The number of hydrogen-bond acceptors (Lipinski definition) is 4. The molecule has 2 N–H and O–H groups in total. The smallest absolute Gasteiger partial charge is 0.397 e. The van der Waals surface area contributed by atoms with Crippen molar-refractivity contribution in [2.75, 3.05) is 18.3 Å². The topological polar surface area (TPSA) is 48.1 Å². The Labute approximate surface area is 88.8 Å². The zero-order valence-electron chi connectivity index (χ0n) is 7.62. The third kappa shape index (κ3) is 5.48. The van der Waals surface area contributed by atoms with Crippen LogP contribution in [0.3, 0.4) is 0 Å². The minimum Gasteiger partial charge on any atom is -0.397 e. The van der Waals surface area contributed by atoms with Gasteiger partial charge in [0.1, 0.15) is 6.61 Å². The lowest BCUT2D eigenvalue weighted by Gasteiger charge is -2.06. The van der Waals surface area contributed by atoms with Crippen molar-refractivity contribution >= 4 is 17.4 Å². The summed E-state index contributed by atoms with van der Waals surface area (Å²) < 4.78 is 39.4. The fraction of sp³-hybridized carbons (Fsp3) is 0.375. The number of rotatable bonds is 4. The second kappa shape index (κ2) is 5.22.